The molecule has 12 heteroatoms. The summed E-state index contributed by atoms with van der Waals surface area (Å²) in [6.45, 7) is 0.0926. The molecule has 1 heterocycles. The standard InChI is InChI=1S/C25H25ClN6O5/c1-27-25(36)31-24(32(16-34)15-17-2-4-18(26)5-3-17)30-19-6-8-20(9-7-19)37-21-10-11-28-22(14-21)23(35)29-12-13-33/h2-11,14,16,33H,12-13,15H2,1H3,(H,29,35)(H2,27,30,31,36). The van der Waals surface area contributed by atoms with Gasteiger partial charge < -0.3 is 20.5 Å². The summed E-state index contributed by atoms with van der Waals surface area (Å²) in [5.41, 5.74) is 1.38. The lowest BCUT2D eigenvalue weighted by molar-refractivity contribution is -0.115. The Morgan fingerprint density at radius 2 is 1.84 bits per heavy atom. The van der Waals surface area contributed by atoms with Crippen LogP contribution in [0, 0.1) is 0 Å². The lowest BCUT2D eigenvalue weighted by atomic mass is 10.2. The Bertz CT molecular complexity index is 1250. The Labute approximate surface area is 218 Å². The Kier molecular flexibility index (Phi) is 9.94. The van der Waals surface area contributed by atoms with Gasteiger partial charge in [-0.25, -0.2) is 9.79 Å². The largest absolute Gasteiger partial charge is 0.457 e. The van der Waals surface area contributed by atoms with Crippen molar-refractivity contribution in [3.05, 3.63) is 83.1 Å². The summed E-state index contributed by atoms with van der Waals surface area (Å²) in [6, 6.07) is 16.0. The second-order valence-electron chi connectivity index (χ2n) is 7.45. The quantitative estimate of drug-likeness (QED) is 0.192. The predicted octanol–water partition coefficient (Wildman–Crippen LogP) is 2.82. The number of guanidine groups is 1. The molecule has 0 aliphatic heterocycles. The first-order chi connectivity index (χ1) is 17.9. The van der Waals surface area contributed by atoms with Crippen LogP contribution in [0.3, 0.4) is 0 Å². The third-order valence-electron chi connectivity index (χ3n) is 4.79. The molecule has 0 saturated heterocycles. The van der Waals surface area contributed by atoms with E-state index in [4.69, 9.17) is 21.4 Å². The van der Waals surface area contributed by atoms with E-state index in [1.165, 1.54) is 24.2 Å². The number of aliphatic imine (C=N–C) groups is 1. The molecule has 0 fully saturated rings. The second kappa shape index (κ2) is 13.6. The van der Waals surface area contributed by atoms with Crippen LogP contribution in [-0.4, -0.2) is 59.5 Å². The summed E-state index contributed by atoms with van der Waals surface area (Å²) in [5.74, 6) is 0.433. The zero-order valence-electron chi connectivity index (χ0n) is 19.8. The fraction of sp³-hybridized carbons (Fsp3) is 0.160. The lowest BCUT2D eigenvalue weighted by Gasteiger charge is -2.20. The van der Waals surface area contributed by atoms with Crippen LogP contribution in [0.25, 0.3) is 0 Å². The van der Waals surface area contributed by atoms with Gasteiger partial charge in [0.1, 0.15) is 17.2 Å². The highest BCUT2D eigenvalue weighted by Crippen LogP contribution is 2.24. The Morgan fingerprint density at radius 1 is 1.11 bits per heavy atom. The highest BCUT2D eigenvalue weighted by molar-refractivity contribution is 6.30. The van der Waals surface area contributed by atoms with Gasteiger partial charge in [0.15, 0.2) is 0 Å². The Hall–Kier alpha value is -4.48. The average Bonchev–Trinajstić information content (AvgIpc) is 2.92. The molecule has 1 aromatic heterocycles. The van der Waals surface area contributed by atoms with Gasteiger partial charge in [0.05, 0.1) is 18.8 Å². The zero-order valence-corrected chi connectivity index (χ0v) is 20.6. The van der Waals surface area contributed by atoms with Gasteiger partial charge in [-0.1, -0.05) is 23.7 Å². The van der Waals surface area contributed by atoms with Crippen molar-refractivity contribution in [3.63, 3.8) is 0 Å². The van der Waals surface area contributed by atoms with Crippen LogP contribution in [0.2, 0.25) is 5.02 Å². The van der Waals surface area contributed by atoms with Crippen molar-refractivity contribution >= 4 is 41.6 Å². The Balaban J connectivity index is 1.77. The van der Waals surface area contributed by atoms with Gasteiger partial charge >= 0.3 is 6.03 Å². The molecule has 2 aromatic carbocycles. The van der Waals surface area contributed by atoms with Gasteiger partial charge in [0.25, 0.3) is 5.91 Å². The van der Waals surface area contributed by atoms with Crippen molar-refractivity contribution in [2.45, 2.75) is 6.54 Å². The second-order valence-corrected chi connectivity index (χ2v) is 7.89. The maximum absolute atomic E-state index is 12.0. The van der Waals surface area contributed by atoms with Crippen LogP contribution < -0.4 is 20.7 Å². The number of ether oxygens (including phenoxy) is 1. The first-order valence-corrected chi connectivity index (χ1v) is 11.5. The van der Waals surface area contributed by atoms with Crippen molar-refractivity contribution in [1.82, 2.24) is 25.8 Å². The molecule has 0 aliphatic rings. The van der Waals surface area contributed by atoms with Gasteiger partial charge in [-0.05, 0) is 48.0 Å². The van der Waals surface area contributed by atoms with E-state index in [1.54, 1.807) is 54.6 Å². The van der Waals surface area contributed by atoms with E-state index in [1.807, 2.05) is 0 Å². The third kappa shape index (κ3) is 8.30. The van der Waals surface area contributed by atoms with Gasteiger partial charge in [-0.2, -0.15) is 0 Å². The Morgan fingerprint density at radius 3 is 2.49 bits per heavy atom. The predicted molar refractivity (Wildman–Crippen MR) is 138 cm³/mol. The number of halogens is 1. The fourth-order valence-electron chi connectivity index (χ4n) is 2.98. The molecular weight excluding hydrogens is 500 g/mol. The van der Waals surface area contributed by atoms with Crippen molar-refractivity contribution in [2.75, 3.05) is 20.2 Å². The topological polar surface area (TPSA) is 145 Å². The van der Waals surface area contributed by atoms with E-state index in [-0.39, 0.29) is 31.3 Å². The smallest absolute Gasteiger partial charge is 0.321 e. The van der Waals surface area contributed by atoms with E-state index >= 15 is 0 Å². The molecule has 0 bridgehead atoms. The van der Waals surface area contributed by atoms with E-state index in [9.17, 15) is 14.4 Å². The molecule has 4 N–H and O–H groups in total. The van der Waals surface area contributed by atoms with Gasteiger partial charge in [0, 0.05) is 30.9 Å². The lowest BCUT2D eigenvalue weighted by Crippen LogP contribution is -2.46. The summed E-state index contributed by atoms with van der Waals surface area (Å²) < 4.78 is 5.80. The fourth-order valence-corrected chi connectivity index (χ4v) is 3.11. The van der Waals surface area contributed by atoms with Crippen LogP contribution in [0.1, 0.15) is 16.1 Å². The molecule has 3 rings (SSSR count). The van der Waals surface area contributed by atoms with Gasteiger partial charge in [-0.15, -0.1) is 0 Å². The van der Waals surface area contributed by atoms with E-state index in [0.29, 0.717) is 28.6 Å². The maximum atomic E-state index is 12.0. The van der Waals surface area contributed by atoms with Gasteiger partial charge in [0.2, 0.25) is 12.4 Å². The number of amides is 4. The summed E-state index contributed by atoms with van der Waals surface area (Å²) in [7, 11) is 1.45. The molecule has 0 saturated carbocycles. The number of urea groups is 1. The molecule has 11 nitrogen and oxygen atoms in total. The molecule has 3 aromatic rings. The minimum absolute atomic E-state index is 0.0191. The summed E-state index contributed by atoms with van der Waals surface area (Å²) in [6.07, 6.45) is 2.01. The van der Waals surface area contributed by atoms with Crippen molar-refractivity contribution < 1.29 is 24.2 Å². The van der Waals surface area contributed by atoms with Crippen LogP contribution in [0.15, 0.2) is 71.9 Å². The number of aliphatic hydroxyl groups is 1. The van der Waals surface area contributed by atoms with Crippen molar-refractivity contribution in [3.8, 4) is 11.5 Å². The molecule has 4 amide bonds. The van der Waals surface area contributed by atoms with E-state index < -0.39 is 11.9 Å². The number of carbonyl (C=O) groups is 3. The molecule has 0 unspecified atom stereocenters. The highest BCUT2D eigenvalue weighted by atomic mass is 35.5. The number of carbonyl (C=O) groups excluding carboxylic acids is 3. The van der Waals surface area contributed by atoms with Crippen LogP contribution in [0.4, 0.5) is 10.5 Å². The number of nitrogens with zero attached hydrogens (tertiary/aromatic N) is 3. The number of benzene rings is 2. The van der Waals surface area contributed by atoms with Gasteiger partial charge in [-0.3, -0.25) is 24.8 Å². The molecule has 0 spiro atoms. The van der Waals surface area contributed by atoms with Crippen molar-refractivity contribution in [2.24, 2.45) is 4.99 Å². The molecular formula is C25H25ClN6O5. The normalized spacial score (nSPS) is 10.8. The number of nitrogens with one attached hydrogen (secondary N) is 3. The van der Waals surface area contributed by atoms with Crippen molar-refractivity contribution in [1.29, 1.82) is 0 Å². The zero-order chi connectivity index (χ0) is 26.6. The number of hydrogen-bond acceptors (Lipinski definition) is 7. The highest BCUT2D eigenvalue weighted by Gasteiger charge is 2.15. The van der Waals surface area contributed by atoms with E-state index in [0.717, 1.165) is 5.56 Å². The summed E-state index contributed by atoms with van der Waals surface area (Å²) in [5, 5.41) is 16.9. The number of aromatic nitrogens is 1. The van der Waals surface area contributed by atoms with Crippen LogP contribution >= 0.6 is 11.6 Å². The first-order valence-electron chi connectivity index (χ1n) is 11.1. The molecule has 192 valence electrons. The van der Waals surface area contributed by atoms with Crippen LogP contribution in [0.5, 0.6) is 11.5 Å². The molecule has 37 heavy (non-hydrogen) atoms. The number of aliphatic hydroxyl groups excluding tert-OH is 1. The molecule has 0 aliphatic carbocycles. The first kappa shape index (κ1) is 27.1. The maximum Gasteiger partial charge on any atom is 0.321 e. The SMILES string of the molecule is CNC(=O)NC(=Nc1ccc(Oc2ccnc(C(=O)NCCO)c2)cc1)N(C=O)Cc1ccc(Cl)cc1. The third-order valence-corrected chi connectivity index (χ3v) is 5.04. The molecule has 0 atom stereocenters. The molecule has 0 radical (unpaired) electrons. The monoisotopic (exact) mass is 524 g/mol. The summed E-state index contributed by atoms with van der Waals surface area (Å²) in [4.78, 5) is 45.6. The minimum Gasteiger partial charge on any atom is -0.457 e. The average molecular weight is 525 g/mol. The van der Waals surface area contributed by atoms with E-state index in [2.05, 4.69) is 25.9 Å². The number of pyridine rings is 1. The van der Waals surface area contributed by atoms with Crippen LogP contribution in [-0.2, 0) is 11.3 Å². The minimum atomic E-state index is -0.543. The summed E-state index contributed by atoms with van der Waals surface area (Å²) >= 11 is 5.93. The number of hydrogen-bond donors (Lipinski definition) is 4. The number of rotatable bonds is 9.